The molecular formula is C11H14ClFN2. The molecule has 0 bridgehead atoms. The van der Waals surface area contributed by atoms with Gasteiger partial charge in [0.2, 0.25) is 0 Å². The van der Waals surface area contributed by atoms with Gasteiger partial charge in [0, 0.05) is 24.7 Å². The fraction of sp³-hybridized carbons (Fsp3) is 0.545. The minimum atomic E-state index is -0.250. The number of anilines is 1. The zero-order valence-corrected chi connectivity index (χ0v) is 9.41. The van der Waals surface area contributed by atoms with E-state index in [0.29, 0.717) is 23.5 Å². The van der Waals surface area contributed by atoms with Crippen LogP contribution in [0, 0.1) is 11.7 Å². The van der Waals surface area contributed by atoms with Gasteiger partial charge in [-0.05, 0) is 25.3 Å². The highest BCUT2D eigenvalue weighted by Crippen LogP contribution is 2.31. The lowest BCUT2D eigenvalue weighted by Crippen LogP contribution is -2.31. The standard InChI is InChI=1S/C11H14ClFN2/c1-8-9(6-12)3-5-15(8)11-2-4-14-7-10(11)13/h2,4,7-9H,3,5-6H2,1H3. The highest BCUT2D eigenvalue weighted by atomic mass is 35.5. The molecule has 0 radical (unpaired) electrons. The Bertz CT molecular complexity index is 345. The van der Waals surface area contributed by atoms with Gasteiger partial charge < -0.3 is 4.90 Å². The Morgan fingerprint density at radius 3 is 3.07 bits per heavy atom. The molecule has 1 aromatic rings. The van der Waals surface area contributed by atoms with Gasteiger partial charge in [-0.3, -0.25) is 4.98 Å². The molecule has 1 aromatic heterocycles. The van der Waals surface area contributed by atoms with Crippen molar-refractivity contribution in [2.45, 2.75) is 19.4 Å². The monoisotopic (exact) mass is 228 g/mol. The molecule has 2 atom stereocenters. The number of alkyl halides is 1. The lowest BCUT2D eigenvalue weighted by molar-refractivity contribution is 0.544. The summed E-state index contributed by atoms with van der Waals surface area (Å²) in [7, 11) is 0. The third kappa shape index (κ3) is 1.93. The van der Waals surface area contributed by atoms with Crippen LogP contribution in [-0.4, -0.2) is 23.5 Å². The van der Waals surface area contributed by atoms with Gasteiger partial charge in [0.1, 0.15) is 0 Å². The maximum absolute atomic E-state index is 13.5. The first-order valence-electron chi connectivity index (χ1n) is 5.16. The highest BCUT2D eigenvalue weighted by Gasteiger charge is 2.31. The predicted molar refractivity (Wildman–Crippen MR) is 59.8 cm³/mol. The fourth-order valence-corrected chi connectivity index (χ4v) is 2.56. The number of aromatic nitrogens is 1. The second-order valence-corrected chi connectivity index (χ2v) is 4.27. The van der Waals surface area contributed by atoms with Crippen molar-refractivity contribution in [3.63, 3.8) is 0 Å². The van der Waals surface area contributed by atoms with Crippen molar-refractivity contribution in [1.82, 2.24) is 4.98 Å². The molecule has 2 heterocycles. The molecule has 0 amide bonds. The molecule has 2 unspecified atom stereocenters. The normalized spacial score (nSPS) is 25.9. The Morgan fingerprint density at radius 1 is 1.67 bits per heavy atom. The average molecular weight is 229 g/mol. The summed E-state index contributed by atoms with van der Waals surface area (Å²) in [5.41, 5.74) is 0.644. The fourth-order valence-electron chi connectivity index (χ4n) is 2.15. The van der Waals surface area contributed by atoms with Crippen molar-refractivity contribution in [2.75, 3.05) is 17.3 Å². The van der Waals surface area contributed by atoms with Gasteiger partial charge in [0.25, 0.3) is 0 Å². The second kappa shape index (κ2) is 4.35. The maximum atomic E-state index is 13.5. The van der Waals surface area contributed by atoms with Gasteiger partial charge in [-0.1, -0.05) is 0 Å². The molecule has 2 nitrogen and oxygen atoms in total. The van der Waals surface area contributed by atoms with Crippen LogP contribution in [0.5, 0.6) is 0 Å². The zero-order chi connectivity index (χ0) is 10.8. The number of halogens is 2. The Hall–Kier alpha value is -0.830. The summed E-state index contributed by atoms with van der Waals surface area (Å²) in [6, 6.07) is 2.03. The lowest BCUT2D eigenvalue weighted by atomic mass is 10.0. The first-order valence-corrected chi connectivity index (χ1v) is 5.69. The van der Waals surface area contributed by atoms with Crippen LogP contribution in [0.15, 0.2) is 18.5 Å². The Labute approximate surface area is 94.1 Å². The zero-order valence-electron chi connectivity index (χ0n) is 8.66. The van der Waals surface area contributed by atoms with Crippen molar-refractivity contribution in [1.29, 1.82) is 0 Å². The first-order chi connectivity index (χ1) is 7.24. The topological polar surface area (TPSA) is 16.1 Å². The SMILES string of the molecule is CC1C(CCl)CCN1c1ccncc1F. The van der Waals surface area contributed by atoms with Crippen molar-refractivity contribution >= 4 is 17.3 Å². The van der Waals surface area contributed by atoms with Crippen LogP contribution in [0.2, 0.25) is 0 Å². The van der Waals surface area contributed by atoms with E-state index in [4.69, 9.17) is 11.6 Å². The molecule has 0 aliphatic carbocycles. The molecule has 1 aliphatic heterocycles. The van der Waals surface area contributed by atoms with E-state index in [1.54, 1.807) is 12.3 Å². The quantitative estimate of drug-likeness (QED) is 0.724. The molecule has 82 valence electrons. The molecule has 0 spiro atoms. The first kappa shape index (κ1) is 10.7. The van der Waals surface area contributed by atoms with Crippen molar-refractivity contribution in [2.24, 2.45) is 5.92 Å². The summed E-state index contributed by atoms with van der Waals surface area (Å²) in [4.78, 5) is 5.83. The van der Waals surface area contributed by atoms with Crippen LogP contribution in [0.4, 0.5) is 10.1 Å². The predicted octanol–water partition coefficient (Wildman–Crippen LogP) is 2.67. The van der Waals surface area contributed by atoms with Gasteiger partial charge in [0.15, 0.2) is 5.82 Å². The third-order valence-corrected chi connectivity index (χ3v) is 3.57. The molecule has 0 aromatic carbocycles. The molecule has 1 saturated heterocycles. The van der Waals surface area contributed by atoms with E-state index < -0.39 is 0 Å². The van der Waals surface area contributed by atoms with Crippen LogP contribution >= 0.6 is 11.6 Å². The van der Waals surface area contributed by atoms with E-state index in [0.717, 1.165) is 13.0 Å². The molecule has 0 saturated carbocycles. The maximum Gasteiger partial charge on any atom is 0.164 e. The largest absolute Gasteiger partial charge is 0.366 e. The number of hydrogen-bond donors (Lipinski definition) is 0. The van der Waals surface area contributed by atoms with Crippen LogP contribution in [0.1, 0.15) is 13.3 Å². The average Bonchev–Trinajstić information content (AvgIpc) is 2.60. The van der Waals surface area contributed by atoms with E-state index >= 15 is 0 Å². The molecule has 4 heteroatoms. The van der Waals surface area contributed by atoms with E-state index in [-0.39, 0.29) is 5.82 Å². The van der Waals surface area contributed by atoms with Crippen LogP contribution in [0.3, 0.4) is 0 Å². The molecule has 1 aliphatic rings. The van der Waals surface area contributed by atoms with Gasteiger partial charge in [0.05, 0.1) is 11.9 Å². The third-order valence-electron chi connectivity index (χ3n) is 3.17. The smallest absolute Gasteiger partial charge is 0.164 e. The molecule has 2 rings (SSSR count). The van der Waals surface area contributed by atoms with Crippen LogP contribution in [0.25, 0.3) is 0 Å². The summed E-state index contributed by atoms with van der Waals surface area (Å²) < 4.78 is 13.5. The number of pyridine rings is 1. The van der Waals surface area contributed by atoms with Crippen molar-refractivity contribution in [3.8, 4) is 0 Å². The second-order valence-electron chi connectivity index (χ2n) is 3.96. The van der Waals surface area contributed by atoms with Gasteiger partial charge in [-0.15, -0.1) is 11.6 Å². The van der Waals surface area contributed by atoms with Crippen LogP contribution in [-0.2, 0) is 0 Å². The van der Waals surface area contributed by atoms with Gasteiger partial charge in [-0.25, -0.2) is 4.39 Å². The Morgan fingerprint density at radius 2 is 2.47 bits per heavy atom. The number of nitrogens with zero attached hydrogens (tertiary/aromatic N) is 2. The molecule has 0 N–H and O–H groups in total. The van der Waals surface area contributed by atoms with Crippen molar-refractivity contribution in [3.05, 3.63) is 24.3 Å². The van der Waals surface area contributed by atoms with E-state index in [2.05, 4.69) is 16.8 Å². The molecule has 15 heavy (non-hydrogen) atoms. The van der Waals surface area contributed by atoms with Gasteiger partial charge >= 0.3 is 0 Å². The van der Waals surface area contributed by atoms with E-state index in [1.165, 1.54) is 6.20 Å². The van der Waals surface area contributed by atoms with Crippen molar-refractivity contribution < 1.29 is 4.39 Å². The summed E-state index contributed by atoms with van der Waals surface area (Å²) >= 11 is 5.86. The minimum absolute atomic E-state index is 0.250. The summed E-state index contributed by atoms with van der Waals surface area (Å²) in [6.07, 6.45) is 3.92. The summed E-state index contributed by atoms with van der Waals surface area (Å²) in [5, 5.41) is 0. The highest BCUT2D eigenvalue weighted by molar-refractivity contribution is 6.18. The minimum Gasteiger partial charge on any atom is -0.366 e. The van der Waals surface area contributed by atoms with Crippen LogP contribution < -0.4 is 4.90 Å². The Kier molecular flexibility index (Phi) is 3.10. The van der Waals surface area contributed by atoms with Gasteiger partial charge in [-0.2, -0.15) is 0 Å². The summed E-state index contributed by atoms with van der Waals surface area (Å²) in [5.74, 6) is 0.850. The Balaban J connectivity index is 2.22. The number of rotatable bonds is 2. The lowest BCUT2D eigenvalue weighted by Gasteiger charge is -2.26. The molecular weight excluding hydrogens is 215 g/mol. The van der Waals surface area contributed by atoms with E-state index in [9.17, 15) is 4.39 Å². The number of hydrogen-bond acceptors (Lipinski definition) is 2. The molecule has 1 fully saturated rings. The summed E-state index contributed by atoms with van der Waals surface area (Å²) in [6.45, 7) is 2.97. The van der Waals surface area contributed by atoms with E-state index in [1.807, 2.05) is 0 Å².